The first-order chi connectivity index (χ1) is 16.7. The number of para-hydroxylation sites is 2. The van der Waals surface area contributed by atoms with Gasteiger partial charge in [0.25, 0.3) is 0 Å². The molecule has 1 saturated heterocycles. The average molecular weight is 478 g/mol. The molecule has 1 aromatic heterocycles. The van der Waals surface area contributed by atoms with Gasteiger partial charge in [0.05, 0.1) is 24.6 Å². The number of carbonyl (C=O) groups excluding carboxylic acids is 1. The molecule has 178 valence electrons. The molecule has 2 heterocycles. The second-order valence-electron chi connectivity index (χ2n) is 8.92. The third kappa shape index (κ3) is 5.06. The van der Waals surface area contributed by atoms with Crippen LogP contribution >= 0.6 is 11.8 Å². The van der Waals surface area contributed by atoms with E-state index in [2.05, 4.69) is 32.5 Å². The van der Waals surface area contributed by atoms with E-state index >= 15 is 0 Å². The molecule has 34 heavy (non-hydrogen) atoms. The van der Waals surface area contributed by atoms with Crippen LogP contribution in [-0.4, -0.2) is 46.6 Å². The van der Waals surface area contributed by atoms with Crippen molar-refractivity contribution in [1.82, 2.24) is 20.1 Å². The highest BCUT2D eigenvalue weighted by atomic mass is 32.2. The van der Waals surface area contributed by atoms with E-state index in [0.29, 0.717) is 11.1 Å². The molecule has 1 unspecified atom stereocenters. The summed E-state index contributed by atoms with van der Waals surface area (Å²) in [6.45, 7) is 1.91. The number of rotatable bonds is 9. The molecule has 3 aromatic rings. The molecule has 0 radical (unpaired) electrons. The van der Waals surface area contributed by atoms with E-state index in [1.165, 1.54) is 23.7 Å². The Morgan fingerprint density at radius 2 is 1.79 bits per heavy atom. The topological polar surface area (TPSA) is 72.3 Å². The van der Waals surface area contributed by atoms with Crippen molar-refractivity contribution in [2.75, 3.05) is 30.9 Å². The number of thioether (sulfide) groups is 1. The molecule has 0 spiro atoms. The fourth-order valence-electron chi connectivity index (χ4n) is 4.59. The lowest BCUT2D eigenvalue weighted by Crippen LogP contribution is -2.32. The first-order valence-corrected chi connectivity index (χ1v) is 13.0. The molecule has 2 aliphatic rings. The summed E-state index contributed by atoms with van der Waals surface area (Å²) in [5.41, 5.74) is 2.06. The smallest absolute Gasteiger partial charge is 0.232 e. The standard InChI is InChI=1S/C26H31N5O2S/c1-33-22-13-7-6-12-21(22)31-25(30-16-8-3-9-17-30)28-29-26(31)34-18-23(32)27-24(20-14-15-20)19-10-4-2-5-11-19/h2,4-7,10-13,20,24H,3,8-9,14-18H2,1H3,(H,27,32). The summed E-state index contributed by atoms with van der Waals surface area (Å²) in [4.78, 5) is 15.3. The van der Waals surface area contributed by atoms with Gasteiger partial charge in [0.1, 0.15) is 5.75 Å². The molecule has 2 fully saturated rings. The molecule has 8 heteroatoms. The van der Waals surface area contributed by atoms with E-state index in [1.807, 2.05) is 47.0 Å². The molecule has 1 saturated carbocycles. The van der Waals surface area contributed by atoms with Crippen molar-refractivity contribution in [2.45, 2.75) is 43.3 Å². The van der Waals surface area contributed by atoms with Gasteiger partial charge >= 0.3 is 0 Å². The molecule has 5 rings (SSSR count). The van der Waals surface area contributed by atoms with Gasteiger partial charge in [-0.25, -0.2) is 0 Å². The first-order valence-electron chi connectivity index (χ1n) is 12.1. The van der Waals surface area contributed by atoms with Crippen LogP contribution in [0.3, 0.4) is 0 Å². The zero-order valence-corrected chi connectivity index (χ0v) is 20.3. The first kappa shape index (κ1) is 22.8. The minimum Gasteiger partial charge on any atom is -0.495 e. The van der Waals surface area contributed by atoms with Gasteiger partial charge in [-0.15, -0.1) is 10.2 Å². The third-order valence-electron chi connectivity index (χ3n) is 6.48. The Morgan fingerprint density at radius 3 is 2.53 bits per heavy atom. The molecule has 1 amide bonds. The lowest BCUT2D eigenvalue weighted by atomic mass is 10.0. The van der Waals surface area contributed by atoms with Crippen LogP contribution < -0.4 is 15.0 Å². The van der Waals surface area contributed by atoms with Gasteiger partial charge in [-0.2, -0.15) is 0 Å². The van der Waals surface area contributed by atoms with Crippen LogP contribution in [0.1, 0.15) is 43.7 Å². The lowest BCUT2D eigenvalue weighted by molar-refractivity contribution is -0.119. The van der Waals surface area contributed by atoms with Gasteiger partial charge in [0.15, 0.2) is 5.16 Å². The number of methoxy groups -OCH3 is 1. The van der Waals surface area contributed by atoms with E-state index in [-0.39, 0.29) is 17.7 Å². The average Bonchev–Trinajstić information content (AvgIpc) is 3.65. The molecule has 2 aromatic carbocycles. The number of nitrogens with one attached hydrogen (secondary N) is 1. The van der Waals surface area contributed by atoms with E-state index in [4.69, 9.17) is 4.74 Å². The minimum atomic E-state index is 0.0138. The van der Waals surface area contributed by atoms with E-state index in [9.17, 15) is 4.79 Å². The highest BCUT2D eigenvalue weighted by Gasteiger charge is 2.33. The second-order valence-corrected chi connectivity index (χ2v) is 9.86. The largest absolute Gasteiger partial charge is 0.495 e. The Balaban J connectivity index is 1.36. The van der Waals surface area contributed by atoms with Gasteiger partial charge in [0.2, 0.25) is 11.9 Å². The number of piperidine rings is 1. The number of hydrogen-bond donors (Lipinski definition) is 1. The maximum atomic E-state index is 13.0. The van der Waals surface area contributed by atoms with Crippen LogP contribution in [0.25, 0.3) is 5.69 Å². The number of ether oxygens (including phenoxy) is 1. The van der Waals surface area contributed by atoms with Gasteiger partial charge in [-0.05, 0) is 55.7 Å². The van der Waals surface area contributed by atoms with Gasteiger partial charge in [-0.3, -0.25) is 9.36 Å². The van der Waals surface area contributed by atoms with Crippen LogP contribution in [0.4, 0.5) is 5.95 Å². The molecular formula is C26H31N5O2S. The SMILES string of the molecule is COc1ccccc1-n1c(SCC(=O)NC(c2ccccc2)C2CC2)nnc1N1CCCCC1. The monoisotopic (exact) mass is 477 g/mol. The highest BCUT2D eigenvalue weighted by Crippen LogP contribution is 2.41. The summed E-state index contributed by atoms with van der Waals surface area (Å²) in [6, 6.07) is 18.2. The van der Waals surface area contributed by atoms with Crippen molar-refractivity contribution in [3.63, 3.8) is 0 Å². The summed E-state index contributed by atoms with van der Waals surface area (Å²) in [5.74, 6) is 2.39. The maximum Gasteiger partial charge on any atom is 0.232 e. The van der Waals surface area contributed by atoms with Crippen molar-refractivity contribution in [3.8, 4) is 11.4 Å². The van der Waals surface area contributed by atoms with E-state index in [0.717, 1.165) is 56.2 Å². The minimum absolute atomic E-state index is 0.0138. The fourth-order valence-corrected chi connectivity index (χ4v) is 5.34. The number of amides is 1. The Hall–Kier alpha value is -3.00. The Kier molecular flexibility index (Phi) is 7.04. The molecule has 0 bridgehead atoms. The molecule has 1 atom stereocenters. The quantitative estimate of drug-likeness (QED) is 0.453. The molecule has 1 aliphatic heterocycles. The zero-order valence-electron chi connectivity index (χ0n) is 19.5. The summed E-state index contributed by atoms with van der Waals surface area (Å²) < 4.78 is 7.68. The highest BCUT2D eigenvalue weighted by molar-refractivity contribution is 7.99. The summed E-state index contributed by atoms with van der Waals surface area (Å²) >= 11 is 1.42. The van der Waals surface area contributed by atoms with Gasteiger partial charge < -0.3 is 15.0 Å². The summed E-state index contributed by atoms with van der Waals surface area (Å²) in [5, 5.41) is 13.0. The van der Waals surface area contributed by atoms with Crippen LogP contribution in [0.15, 0.2) is 59.8 Å². The van der Waals surface area contributed by atoms with E-state index in [1.54, 1.807) is 7.11 Å². The number of nitrogens with zero attached hydrogens (tertiary/aromatic N) is 4. The lowest BCUT2D eigenvalue weighted by Gasteiger charge is -2.28. The molecule has 1 aliphatic carbocycles. The van der Waals surface area contributed by atoms with Crippen LogP contribution in [0, 0.1) is 5.92 Å². The summed E-state index contributed by atoms with van der Waals surface area (Å²) in [6.07, 6.45) is 5.85. The molecule has 7 nitrogen and oxygen atoms in total. The van der Waals surface area contributed by atoms with Gasteiger partial charge in [0, 0.05) is 13.1 Å². The normalized spacial score (nSPS) is 16.8. The van der Waals surface area contributed by atoms with Crippen molar-refractivity contribution < 1.29 is 9.53 Å². The fraction of sp³-hybridized carbons (Fsp3) is 0.423. The number of aromatic nitrogens is 3. The van der Waals surface area contributed by atoms with Crippen molar-refractivity contribution in [2.24, 2.45) is 5.92 Å². The Bertz CT molecular complexity index is 1110. The van der Waals surface area contributed by atoms with Crippen LogP contribution in [-0.2, 0) is 4.79 Å². The Morgan fingerprint density at radius 1 is 1.06 bits per heavy atom. The van der Waals surface area contributed by atoms with Crippen molar-refractivity contribution in [1.29, 1.82) is 0 Å². The van der Waals surface area contributed by atoms with Crippen molar-refractivity contribution in [3.05, 3.63) is 60.2 Å². The predicted molar refractivity (Wildman–Crippen MR) is 135 cm³/mol. The number of benzene rings is 2. The van der Waals surface area contributed by atoms with Crippen LogP contribution in [0.5, 0.6) is 5.75 Å². The predicted octanol–water partition coefficient (Wildman–Crippen LogP) is 4.63. The zero-order chi connectivity index (χ0) is 23.3. The number of anilines is 1. The molecular weight excluding hydrogens is 446 g/mol. The molecule has 1 N–H and O–H groups in total. The van der Waals surface area contributed by atoms with Crippen LogP contribution in [0.2, 0.25) is 0 Å². The Labute approximate surface area is 204 Å². The maximum absolute atomic E-state index is 13.0. The van der Waals surface area contributed by atoms with Crippen molar-refractivity contribution >= 4 is 23.6 Å². The second kappa shape index (κ2) is 10.5. The van der Waals surface area contributed by atoms with Gasteiger partial charge in [-0.1, -0.05) is 54.2 Å². The summed E-state index contributed by atoms with van der Waals surface area (Å²) in [7, 11) is 1.67. The number of carbonyl (C=O) groups is 1. The number of hydrogen-bond acceptors (Lipinski definition) is 6. The van der Waals surface area contributed by atoms with E-state index < -0.39 is 0 Å². The third-order valence-corrected chi connectivity index (χ3v) is 7.41.